The molecule has 3 heterocycles. The Labute approximate surface area is 135 Å². The summed E-state index contributed by atoms with van der Waals surface area (Å²) in [5, 5.41) is 5.86. The van der Waals surface area contributed by atoms with Crippen LogP contribution in [0.5, 0.6) is 0 Å². The zero-order valence-electron chi connectivity index (χ0n) is 12.6. The molecule has 2 saturated heterocycles. The molecule has 120 valence electrons. The van der Waals surface area contributed by atoms with Crippen molar-refractivity contribution in [2.24, 2.45) is 0 Å². The van der Waals surface area contributed by atoms with E-state index < -0.39 is 0 Å². The fraction of sp³-hybridized carbons (Fsp3) is 0.600. The zero-order chi connectivity index (χ0) is 15.3. The minimum Gasteiger partial charge on any atom is -0.379 e. The Morgan fingerprint density at radius 2 is 2.32 bits per heavy atom. The lowest BCUT2D eigenvalue weighted by Crippen LogP contribution is -2.59. The number of carbonyl (C=O) groups excluding carboxylic acids is 1. The summed E-state index contributed by atoms with van der Waals surface area (Å²) >= 11 is 1.97. The Morgan fingerprint density at radius 1 is 1.45 bits per heavy atom. The number of pyridine rings is 1. The van der Waals surface area contributed by atoms with Gasteiger partial charge in [-0.2, -0.15) is 11.8 Å². The molecule has 0 aliphatic carbocycles. The SMILES string of the molecule is O=C(NC[C@]1(N2CCOCC2)CCSC1)Nc1cccnc1. The molecule has 0 aromatic carbocycles. The van der Waals surface area contributed by atoms with Crippen LogP contribution in [0.4, 0.5) is 10.5 Å². The molecule has 0 bridgehead atoms. The highest BCUT2D eigenvalue weighted by molar-refractivity contribution is 7.99. The molecule has 1 aromatic heterocycles. The Hall–Kier alpha value is -1.31. The average molecular weight is 322 g/mol. The van der Waals surface area contributed by atoms with Gasteiger partial charge in [-0.25, -0.2) is 4.79 Å². The number of anilines is 1. The third-order valence-corrected chi connectivity index (χ3v) is 5.50. The molecule has 2 fully saturated rings. The van der Waals surface area contributed by atoms with E-state index in [0.717, 1.165) is 44.2 Å². The summed E-state index contributed by atoms with van der Waals surface area (Å²) in [5.74, 6) is 2.23. The van der Waals surface area contributed by atoms with Gasteiger partial charge in [-0.05, 0) is 24.3 Å². The molecule has 0 unspecified atom stereocenters. The van der Waals surface area contributed by atoms with Crippen molar-refractivity contribution in [1.82, 2.24) is 15.2 Å². The van der Waals surface area contributed by atoms with Crippen LogP contribution in [0.25, 0.3) is 0 Å². The van der Waals surface area contributed by atoms with E-state index in [4.69, 9.17) is 4.74 Å². The predicted octanol–water partition coefficient (Wildman–Crippen LogP) is 1.41. The van der Waals surface area contributed by atoms with Crippen LogP contribution < -0.4 is 10.6 Å². The van der Waals surface area contributed by atoms with Crippen LogP contribution >= 0.6 is 11.8 Å². The van der Waals surface area contributed by atoms with Crippen molar-refractivity contribution < 1.29 is 9.53 Å². The van der Waals surface area contributed by atoms with E-state index in [9.17, 15) is 4.79 Å². The van der Waals surface area contributed by atoms with Gasteiger partial charge in [0.25, 0.3) is 0 Å². The van der Waals surface area contributed by atoms with E-state index in [-0.39, 0.29) is 11.6 Å². The lowest BCUT2D eigenvalue weighted by atomic mass is 9.95. The van der Waals surface area contributed by atoms with Gasteiger partial charge in [-0.15, -0.1) is 0 Å². The molecule has 2 amide bonds. The van der Waals surface area contributed by atoms with E-state index in [1.807, 2.05) is 17.8 Å². The minimum atomic E-state index is -0.169. The quantitative estimate of drug-likeness (QED) is 0.877. The molecule has 0 radical (unpaired) electrons. The van der Waals surface area contributed by atoms with Crippen LogP contribution in [-0.4, -0.2) is 65.8 Å². The highest BCUT2D eigenvalue weighted by Gasteiger charge is 2.40. The van der Waals surface area contributed by atoms with Crippen LogP contribution in [0.2, 0.25) is 0 Å². The fourth-order valence-electron chi connectivity index (χ4n) is 2.99. The number of amides is 2. The van der Waals surface area contributed by atoms with Gasteiger partial charge >= 0.3 is 6.03 Å². The van der Waals surface area contributed by atoms with Gasteiger partial charge in [-0.3, -0.25) is 9.88 Å². The number of aromatic nitrogens is 1. The first-order valence-corrected chi connectivity index (χ1v) is 8.79. The van der Waals surface area contributed by atoms with Crippen molar-refractivity contribution in [3.05, 3.63) is 24.5 Å². The first-order chi connectivity index (χ1) is 10.8. The largest absolute Gasteiger partial charge is 0.379 e. The summed E-state index contributed by atoms with van der Waals surface area (Å²) in [6.45, 7) is 4.15. The Kier molecular flexibility index (Phi) is 5.17. The van der Waals surface area contributed by atoms with Gasteiger partial charge in [0.05, 0.1) is 25.1 Å². The highest BCUT2D eigenvalue weighted by Crippen LogP contribution is 2.33. The van der Waals surface area contributed by atoms with Crippen LogP contribution in [-0.2, 0) is 4.74 Å². The summed E-state index contributed by atoms with van der Waals surface area (Å²) in [5.41, 5.74) is 0.780. The van der Waals surface area contributed by atoms with E-state index in [1.54, 1.807) is 18.5 Å². The maximum Gasteiger partial charge on any atom is 0.319 e. The minimum absolute atomic E-state index is 0.0702. The summed E-state index contributed by atoms with van der Waals surface area (Å²) in [6, 6.07) is 3.46. The number of carbonyl (C=O) groups is 1. The molecule has 1 aromatic rings. The van der Waals surface area contributed by atoms with E-state index >= 15 is 0 Å². The van der Waals surface area contributed by atoms with Gasteiger partial charge in [0, 0.05) is 37.1 Å². The molecule has 22 heavy (non-hydrogen) atoms. The second-order valence-corrected chi connectivity index (χ2v) is 6.78. The lowest BCUT2D eigenvalue weighted by molar-refractivity contribution is -0.0123. The fourth-order valence-corrected chi connectivity index (χ4v) is 4.47. The van der Waals surface area contributed by atoms with Crippen LogP contribution in [0.1, 0.15) is 6.42 Å². The van der Waals surface area contributed by atoms with Crippen molar-refractivity contribution >= 4 is 23.5 Å². The Balaban J connectivity index is 1.56. The van der Waals surface area contributed by atoms with Crippen molar-refractivity contribution in [3.8, 4) is 0 Å². The number of urea groups is 1. The first-order valence-electron chi connectivity index (χ1n) is 7.64. The summed E-state index contributed by atoms with van der Waals surface area (Å²) < 4.78 is 5.45. The average Bonchev–Trinajstić information content (AvgIpc) is 3.05. The molecule has 2 aliphatic heterocycles. The number of thioether (sulfide) groups is 1. The van der Waals surface area contributed by atoms with E-state index in [2.05, 4.69) is 20.5 Å². The zero-order valence-corrected chi connectivity index (χ0v) is 13.4. The maximum absolute atomic E-state index is 12.1. The molecular formula is C15H22N4O2S. The normalized spacial score (nSPS) is 25.8. The number of ether oxygens (including phenoxy) is 1. The van der Waals surface area contributed by atoms with Gasteiger partial charge < -0.3 is 15.4 Å². The Morgan fingerprint density at radius 3 is 3.00 bits per heavy atom. The van der Waals surface area contributed by atoms with Crippen molar-refractivity contribution in [2.75, 3.05) is 49.7 Å². The summed E-state index contributed by atoms with van der Waals surface area (Å²) in [7, 11) is 0. The highest BCUT2D eigenvalue weighted by atomic mass is 32.2. The molecule has 2 N–H and O–H groups in total. The first kappa shape index (κ1) is 15.6. The number of nitrogens with one attached hydrogen (secondary N) is 2. The molecule has 2 aliphatic rings. The van der Waals surface area contributed by atoms with Crippen molar-refractivity contribution in [2.45, 2.75) is 12.0 Å². The third kappa shape index (κ3) is 3.71. The molecule has 1 atom stereocenters. The number of hydrogen-bond acceptors (Lipinski definition) is 5. The maximum atomic E-state index is 12.1. The van der Waals surface area contributed by atoms with Crippen LogP contribution in [0.3, 0.4) is 0 Å². The smallest absolute Gasteiger partial charge is 0.319 e. The van der Waals surface area contributed by atoms with E-state index in [0.29, 0.717) is 12.2 Å². The van der Waals surface area contributed by atoms with Gasteiger partial charge in [-0.1, -0.05) is 0 Å². The van der Waals surface area contributed by atoms with Crippen LogP contribution in [0.15, 0.2) is 24.5 Å². The van der Waals surface area contributed by atoms with Gasteiger partial charge in [0.15, 0.2) is 0 Å². The molecule has 7 heteroatoms. The number of hydrogen-bond donors (Lipinski definition) is 2. The lowest BCUT2D eigenvalue weighted by Gasteiger charge is -2.43. The van der Waals surface area contributed by atoms with Crippen molar-refractivity contribution in [1.29, 1.82) is 0 Å². The second-order valence-electron chi connectivity index (χ2n) is 5.68. The molecule has 6 nitrogen and oxygen atoms in total. The number of morpholine rings is 1. The van der Waals surface area contributed by atoms with Gasteiger partial charge in [0.2, 0.25) is 0 Å². The number of nitrogens with zero attached hydrogens (tertiary/aromatic N) is 2. The number of rotatable bonds is 4. The van der Waals surface area contributed by atoms with Crippen LogP contribution in [0, 0.1) is 0 Å². The third-order valence-electron chi connectivity index (χ3n) is 4.26. The predicted molar refractivity (Wildman–Crippen MR) is 88.3 cm³/mol. The standard InChI is InChI=1S/C15H22N4O2S/c20-14(18-13-2-1-4-16-10-13)17-11-15(3-9-22-12-15)19-5-7-21-8-6-19/h1-2,4,10H,3,5-9,11-12H2,(H2,17,18,20)/t15-/m1/s1. The molecule has 3 rings (SSSR count). The van der Waals surface area contributed by atoms with E-state index in [1.165, 1.54) is 0 Å². The summed E-state index contributed by atoms with van der Waals surface area (Å²) in [6.07, 6.45) is 4.44. The summed E-state index contributed by atoms with van der Waals surface area (Å²) in [4.78, 5) is 18.6. The van der Waals surface area contributed by atoms with Gasteiger partial charge in [0.1, 0.15) is 0 Å². The topological polar surface area (TPSA) is 66.5 Å². The monoisotopic (exact) mass is 322 g/mol. The molecule has 0 saturated carbocycles. The molecule has 0 spiro atoms. The molecular weight excluding hydrogens is 300 g/mol. The second kappa shape index (κ2) is 7.30. The Bertz CT molecular complexity index is 488. The van der Waals surface area contributed by atoms with Crippen molar-refractivity contribution in [3.63, 3.8) is 0 Å².